The standard InChI is InChI=1S/C19H26O4/c1-16(23-15-17-9-11-18(20-2)12-10-17)7-3-5-13-21-19-8-4-6-14-22-19/h9-12,16,19H,4,6-8,13-15H2,1-2H3/t16-,19?/m0/s1. The van der Waals surface area contributed by atoms with Gasteiger partial charge >= 0.3 is 0 Å². The second kappa shape index (κ2) is 10.3. The van der Waals surface area contributed by atoms with E-state index in [1.807, 2.05) is 31.2 Å². The summed E-state index contributed by atoms with van der Waals surface area (Å²) in [5.74, 6) is 6.99. The molecule has 23 heavy (non-hydrogen) atoms. The van der Waals surface area contributed by atoms with Gasteiger partial charge in [-0.05, 0) is 43.9 Å². The zero-order valence-corrected chi connectivity index (χ0v) is 14.0. The molecule has 0 radical (unpaired) electrons. The van der Waals surface area contributed by atoms with Crippen molar-refractivity contribution in [3.05, 3.63) is 29.8 Å². The number of hydrogen-bond donors (Lipinski definition) is 0. The number of hydrogen-bond acceptors (Lipinski definition) is 4. The molecular formula is C19H26O4. The smallest absolute Gasteiger partial charge is 0.158 e. The van der Waals surface area contributed by atoms with Crippen LogP contribution in [-0.2, 0) is 20.8 Å². The predicted octanol–water partition coefficient (Wildman–Crippen LogP) is 3.54. The van der Waals surface area contributed by atoms with Crippen molar-refractivity contribution in [2.24, 2.45) is 0 Å². The molecule has 1 aromatic rings. The van der Waals surface area contributed by atoms with Crippen molar-refractivity contribution >= 4 is 0 Å². The fourth-order valence-electron chi connectivity index (χ4n) is 2.26. The van der Waals surface area contributed by atoms with Gasteiger partial charge in [0.05, 0.1) is 19.8 Å². The predicted molar refractivity (Wildman–Crippen MR) is 89.2 cm³/mol. The van der Waals surface area contributed by atoms with Crippen molar-refractivity contribution in [3.8, 4) is 17.6 Å². The summed E-state index contributed by atoms with van der Waals surface area (Å²) in [5, 5.41) is 0. The van der Waals surface area contributed by atoms with Gasteiger partial charge in [-0.25, -0.2) is 0 Å². The van der Waals surface area contributed by atoms with Crippen LogP contribution < -0.4 is 4.74 Å². The molecule has 0 saturated carbocycles. The van der Waals surface area contributed by atoms with E-state index in [9.17, 15) is 0 Å². The Kier molecular flexibility index (Phi) is 7.96. The summed E-state index contributed by atoms with van der Waals surface area (Å²) in [6.45, 7) is 3.84. The van der Waals surface area contributed by atoms with E-state index < -0.39 is 0 Å². The molecule has 1 saturated heterocycles. The molecule has 0 bridgehead atoms. The molecule has 1 aliphatic heterocycles. The van der Waals surface area contributed by atoms with E-state index in [1.165, 1.54) is 6.42 Å². The lowest BCUT2D eigenvalue weighted by atomic mass is 10.2. The molecule has 1 unspecified atom stereocenters. The molecule has 2 atom stereocenters. The zero-order chi connectivity index (χ0) is 16.3. The summed E-state index contributed by atoms with van der Waals surface area (Å²) in [6, 6.07) is 7.90. The molecule has 4 nitrogen and oxygen atoms in total. The molecule has 0 N–H and O–H groups in total. The minimum absolute atomic E-state index is 0.0678. The third-order valence-corrected chi connectivity index (χ3v) is 3.69. The first kappa shape index (κ1) is 17.8. The number of methoxy groups -OCH3 is 1. The van der Waals surface area contributed by atoms with Crippen LogP contribution in [0.1, 0.15) is 38.2 Å². The van der Waals surface area contributed by atoms with E-state index in [1.54, 1.807) is 7.11 Å². The lowest BCUT2D eigenvalue weighted by Gasteiger charge is -2.21. The number of ether oxygens (including phenoxy) is 4. The Morgan fingerprint density at radius 2 is 2.04 bits per heavy atom. The molecule has 1 fully saturated rings. The van der Waals surface area contributed by atoms with Crippen molar-refractivity contribution in [1.82, 2.24) is 0 Å². The molecule has 2 rings (SSSR count). The van der Waals surface area contributed by atoms with E-state index in [0.717, 1.165) is 30.8 Å². The van der Waals surface area contributed by atoms with Gasteiger partial charge in [0.25, 0.3) is 0 Å². The maximum Gasteiger partial charge on any atom is 0.158 e. The quantitative estimate of drug-likeness (QED) is 0.721. The lowest BCUT2D eigenvalue weighted by Crippen LogP contribution is -2.22. The van der Waals surface area contributed by atoms with Gasteiger partial charge in [-0.2, -0.15) is 0 Å². The topological polar surface area (TPSA) is 36.9 Å². The average molecular weight is 318 g/mol. The van der Waals surface area contributed by atoms with Gasteiger partial charge in [0.1, 0.15) is 12.4 Å². The van der Waals surface area contributed by atoms with Crippen molar-refractivity contribution in [1.29, 1.82) is 0 Å². The maximum atomic E-state index is 5.79. The average Bonchev–Trinajstić information content (AvgIpc) is 2.61. The SMILES string of the molecule is COc1ccc(CO[C@@H](C)CC#CCOC2CCCCO2)cc1. The fourth-order valence-corrected chi connectivity index (χ4v) is 2.26. The van der Waals surface area contributed by atoms with Crippen LogP contribution in [0.4, 0.5) is 0 Å². The van der Waals surface area contributed by atoms with Crippen molar-refractivity contribution in [3.63, 3.8) is 0 Å². The van der Waals surface area contributed by atoms with Crippen LogP contribution >= 0.6 is 0 Å². The summed E-state index contributed by atoms with van der Waals surface area (Å²) in [6.07, 6.45) is 4.01. The Bertz CT molecular complexity index is 494. The van der Waals surface area contributed by atoms with E-state index in [0.29, 0.717) is 19.6 Å². The molecule has 1 heterocycles. The molecule has 0 amide bonds. The third kappa shape index (κ3) is 7.04. The Hall–Kier alpha value is -1.54. The summed E-state index contributed by atoms with van der Waals surface area (Å²) >= 11 is 0. The molecule has 1 aromatic carbocycles. The van der Waals surface area contributed by atoms with Gasteiger partial charge in [-0.3, -0.25) is 0 Å². The highest BCUT2D eigenvalue weighted by Crippen LogP contribution is 2.14. The maximum absolute atomic E-state index is 5.79. The van der Waals surface area contributed by atoms with E-state index in [4.69, 9.17) is 18.9 Å². The largest absolute Gasteiger partial charge is 0.497 e. The Morgan fingerprint density at radius 1 is 1.22 bits per heavy atom. The van der Waals surface area contributed by atoms with Crippen LogP contribution in [0, 0.1) is 11.8 Å². The second-order valence-electron chi connectivity index (χ2n) is 5.63. The molecule has 0 aliphatic carbocycles. The third-order valence-electron chi connectivity index (χ3n) is 3.69. The minimum Gasteiger partial charge on any atom is -0.497 e. The molecule has 4 heteroatoms. The highest BCUT2D eigenvalue weighted by atomic mass is 16.7. The Morgan fingerprint density at radius 3 is 2.74 bits per heavy atom. The molecule has 0 spiro atoms. The Balaban J connectivity index is 1.59. The second-order valence-corrected chi connectivity index (χ2v) is 5.63. The van der Waals surface area contributed by atoms with Gasteiger partial charge in [-0.15, -0.1) is 0 Å². The highest BCUT2D eigenvalue weighted by molar-refractivity contribution is 5.26. The molecule has 1 aliphatic rings. The van der Waals surface area contributed by atoms with E-state index >= 15 is 0 Å². The van der Waals surface area contributed by atoms with Crippen LogP contribution in [0.5, 0.6) is 5.75 Å². The van der Waals surface area contributed by atoms with Gasteiger partial charge in [-0.1, -0.05) is 24.0 Å². The van der Waals surface area contributed by atoms with E-state index in [2.05, 4.69) is 11.8 Å². The number of rotatable bonds is 7. The van der Waals surface area contributed by atoms with Crippen LogP contribution in [0.3, 0.4) is 0 Å². The first-order valence-corrected chi connectivity index (χ1v) is 8.21. The van der Waals surface area contributed by atoms with E-state index in [-0.39, 0.29) is 12.4 Å². The fraction of sp³-hybridized carbons (Fsp3) is 0.579. The molecule has 126 valence electrons. The van der Waals surface area contributed by atoms with Gasteiger partial charge in [0.2, 0.25) is 0 Å². The zero-order valence-electron chi connectivity index (χ0n) is 14.0. The van der Waals surface area contributed by atoms with Crippen molar-refractivity contribution in [2.75, 3.05) is 20.3 Å². The minimum atomic E-state index is -0.0678. The van der Waals surface area contributed by atoms with Crippen LogP contribution in [0.25, 0.3) is 0 Å². The summed E-state index contributed by atoms with van der Waals surface area (Å²) in [7, 11) is 1.66. The highest BCUT2D eigenvalue weighted by Gasteiger charge is 2.12. The lowest BCUT2D eigenvalue weighted by molar-refractivity contribution is -0.154. The first-order chi connectivity index (χ1) is 11.3. The summed E-state index contributed by atoms with van der Waals surface area (Å²) in [5.41, 5.74) is 1.13. The summed E-state index contributed by atoms with van der Waals surface area (Å²) in [4.78, 5) is 0. The summed E-state index contributed by atoms with van der Waals surface area (Å²) < 4.78 is 22.0. The van der Waals surface area contributed by atoms with Gasteiger partial charge in [0.15, 0.2) is 6.29 Å². The first-order valence-electron chi connectivity index (χ1n) is 8.21. The van der Waals surface area contributed by atoms with Crippen LogP contribution in [0.15, 0.2) is 24.3 Å². The number of benzene rings is 1. The monoisotopic (exact) mass is 318 g/mol. The van der Waals surface area contributed by atoms with Crippen LogP contribution in [-0.4, -0.2) is 32.7 Å². The molecule has 0 aromatic heterocycles. The van der Waals surface area contributed by atoms with Gasteiger partial charge < -0.3 is 18.9 Å². The Labute approximate surface area is 139 Å². The van der Waals surface area contributed by atoms with Crippen molar-refractivity contribution < 1.29 is 18.9 Å². The van der Waals surface area contributed by atoms with Gasteiger partial charge in [0, 0.05) is 13.0 Å². The normalized spacial score (nSPS) is 18.8. The van der Waals surface area contributed by atoms with Crippen LogP contribution in [0.2, 0.25) is 0 Å². The molecular weight excluding hydrogens is 292 g/mol. The van der Waals surface area contributed by atoms with Crippen molar-refractivity contribution in [2.45, 2.75) is 51.6 Å².